The van der Waals surface area contributed by atoms with E-state index in [0.717, 1.165) is 60.4 Å². The summed E-state index contributed by atoms with van der Waals surface area (Å²) in [7, 11) is 0. The highest BCUT2D eigenvalue weighted by molar-refractivity contribution is 7.20. The summed E-state index contributed by atoms with van der Waals surface area (Å²) in [6, 6.07) is 11.6. The number of aromatic nitrogens is 2. The van der Waals surface area contributed by atoms with Gasteiger partial charge in [0.25, 0.3) is 5.91 Å². The van der Waals surface area contributed by atoms with Crippen LogP contribution in [-0.4, -0.2) is 46.3 Å². The molecule has 4 rings (SSSR count). The molecule has 0 radical (unpaired) electrons. The van der Waals surface area contributed by atoms with Crippen LogP contribution in [0.2, 0.25) is 0 Å². The predicted molar refractivity (Wildman–Crippen MR) is 109 cm³/mol. The lowest BCUT2D eigenvalue weighted by Gasteiger charge is -2.19. The molecule has 1 saturated heterocycles. The molecule has 3 heterocycles. The standard InChI is InChI=1S/C21H23N3O3S/c1-15-17-13-18(28-20(17)24(22-15)16-9-5-4-6-10-16)21(26)27-14-19(25)23-11-7-2-3-8-12-23/h4-6,9-10,13H,2-3,7-8,11-12,14H2,1H3. The number of carbonyl (C=O) groups is 2. The summed E-state index contributed by atoms with van der Waals surface area (Å²) in [6.45, 7) is 3.24. The first kappa shape index (κ1) is 18.7. The predicted octanol–water partition coefficient (Wildman–Crippen LogP) is 3.95. The zero-order valence-electron chi connectivity index (χ0n) is 15.9. The van der Waals surface area contributed by atoms with Gasteiger partial charge in [0.05, 0.1) is 11.4 Å². The van der Waals surface area contributed by atoms with Crippen LogP contribution in [0.15, 0.2) is 36.4 Å². The molecule has 0 atom stereocenters. The van der Waals surface area contributed by atoms with Gasteiger partial charge in [-0.3, -0.25) is 4.79 Å². The van der Waals surface area contributed by atoms with Gasteiger partial charge in [-0.25, -0.2) is 9.48 Å². The van der Waals surface area contributed by atoms with E-state index in [9.17, 15) is 9.59 Å². The van der Waals surface area contributed by atoms with E-state index in [2.05, 4.69) is 5.10 Å². The second-order valence-corrected chi connectivity index (χ2v) is 8.06. The number of para-hydroxylation sites is 1. The van der Waals surface area contributed by atoms with Crippen LogP contribution < -0.4 is 0 Å². The summed E-state index contributed by atoms with van der Waals surface area (Å²) in [6.07, 6.45) is 4.35. The lowest BCUT2D eigenvalue weighted by molar-refractivity contribution is -0.134. The number of carbonyl (C=O) groups excluding carboxylic acids is 2. The molecule has 0 unspecified atom stereocenters. The van der Waals surface area contributed by atoms with Crippen molar-refractivity contribution in [2.24, 2.45) is 0 Å². The molecule has 1 amide bonds. The third kappa shape index (κ3) is 3.80. The molecule has 1 fully saturated rings. The number of amides is 1. The van der Waals surface area contributed by atoms with Gasteiger partial charge >= 0.3 is 5.97 Å². The zero-order chi connectivity index (χ0) is 19.5. The van der Waals surface area contributed by atoms with Crippen molar-refractivity contribution in [1.29, 1.82) is 0 Å². The molecule has 28 heavy (non-hydrogen) atoms. The maximum absolute atomic E-state index is 12.5. The van der Waals surface area contributed by atoms with Crippen LogP contribution in [0.25, 0.3) is 15.9 Å². The van der Waals surface area contributed by atoms with Gasteiger partial charge in [0, 0.05) is 18.5 Å². The number of esters is 1. The minimum Gasteiger partial charge on any atom is -0.451 e. The van der Waals surface area contributed by atoms with E-state index >= 15 is 0 Å². The van der Waals surface area contributed by atoms with Gasteiger partial charge in [-0.05, 0) is 38.0 Å². The average Bonchev–Trinajstić information content (AvgIpc) is 3.15. The third-order valence-corrected chi connectivity index (χ3v) is 6.12. The Bertz CT molecular complexity index is 985. The maximum Gasteiger partial charge on any atom is 0.348 e. The van der Waals surface area contributed by atoms with Crippen molar-refractivity contribution >= 4 is 33.4 Å². The van der Waals surface area contributed by atoms with Crippen molar-refractivity contribution in [2.45, 2.75) is 32.6 Å². The van der Waals surface area contributed by atoms with E-state index in [0.29, 0.717) is 4.88 Å². The second kappa shape index (κ2) is 8.14. The number of aryl methyl sites for hydroxylation is 1. The highest BCUT2D eigenvalue weighted by Gasteiger charge is 2.21. The smallest absolute Gasteiger partial charge is 0.348 e. The van der Waals surface area contributed by atoms with Gasteiger partial charge in [0.1, 0.15) is 9.71 Å². The molecule has 0 aliphatic carbocycles. The second-order valence-electron chi connectivity index (χ2n) is 7.03. The van der Waals surface area contributed by atoms with E-state index in [1.807, 2.05) is 46.8 Å². The van der Waals surface area contributed by atoms with Gasteiger partial charge < -0.3 is 9.64 Å². The van der Waals surface area contributed by atoms with E-state index in [1.165, 1.54) is 11.3 Å². The first-order valence-electron chi connectivity index (χ1n) is 9.63. The Hall–Kier alpha value is -2.67. The number of hydrogen-bond donors (Lipinski definition) is 0. The van der Waals surface area contributed by atoms with Crippen LogP contribution in [0.4, 0.5) is 0 Å². The van der Waals surface area contributed by atoms with E-state index in [-0.39, 0.29) is 12.5 Å². The van der Waals surface area contributed by atoms with Gasteiger partial charge in [0.15, 0.2) is 6.61 Å². The fourth-order valence-corrected chi connectivity index (χ4v) is 4.58. The molecule has 0 spiro atoms. The molecule has 2 aromatic heterocycles. The summed E-state index contributed by atoms with van der Waals surface area (Å²) >= 11 is 1.34. The number of fused-ring (bicyclic) bond motifs is 1. The summed E-state index contributed by atoms with van der Waals surface area (Å²) in [5.74, 6) is -0.564. The van der Waals surface area contributed by atoms with Crippen molar-refractivity contribution in [3.63, 3.8) is 0 Å². The van der Waals surface area contributed by atoms with Gasteiger partial charge in [-0.2, -0.15) is 5.10 Å². The van der Waals surface area contributed by atoms with Crippen LogP contribution >= 0.6 is 11.3 Å². The highest BCUT2D eigenvalue weighted by Crippen LogP contribution is 2.30. The molecule has 0 N–H and O–H groups in total. The van der Waals surface area contributed by atoms with E-state index in [1.54, 1.807) is 6.07 Å². The molecule has 7 heteroatoms. The Balaban J connectivity index is 1.48. The first-order valence-corrected chi connectivity index (χ1v) is 10.4. The Morgan fingerprint density at radius 2 is 1.82 bits per heavy atom. The van der Waals surface area contributed by atoms with Crippen LogP contribution in [0.3, 0.4) is 0 Å². The minimum atomic E-state index is -0.455. The molecule has 0 bridgehead atoms. The monoisotopic (exact) mass is 397 g/mol. The largest absolute Gasteiger partial charge is 0.451 e. The van der Waals surface area contributed by atoms with Crippen LogP contribution in [0.1, 0.15) is 41.0 Å². The number of rotatable bonds is 4. The van der Waals surface area contributed by atoms with Crippen LogP contribution in [-0.2, 0) is 9.53 Å². The summed E-state index contributed by atoms with van der Waals surface area (Å²) < 4.78 is 7.16. The fraction of sp³-hybridized carbons (Fsp3) is 0.381. The lowest BCUT2D eigenvalue weighted by Crippen LogP contribution is -2.35. The van der Waals surface area contributed by atoms with Crippen LogP contribution in [0, 0.1) is 6.92 Å². The fourth-order valence-electron chi connectivity index (χ4n) is 3.50. The Labute approximate surface area is 167 Å². The van der Waals surface area contributed by atoms with Crippen molar-refractivity contribution in [1.82, 2.24) is 14.7 Å². The Kier molecular flexibility index (Phi) is 5.43. The topological polar surface area (TPSA) is 64.4 Å². The third-order valence-electron chi connectivity index (χ3n) is 5.03. The number of likely N-dealkylation sites (tertiary alicyclic amines) is 1. The number of nitrogens with zero attached hydrogens (tertiary/aromatic N) is 3. The number of benzene rings is 1. The van der Waals surface area contributed by atoms with Crippen molar-refractivity contribution in [3.05, 3.63) is 47.0 Å². The van der Waals surface area contributed by atoms with Gasteiger partial charge in [-0.15, -0.1) is 11.3 Å². The normalized spacial score (nSPS) is 14.8. The maximum atomic E-state index is 12.5. The van der Waals surface area contributed by atoms with Crippen molar-refractivity contribution < 1.29 is 14.3 Å². The average molecular weight is 398 g/mol. The molecule has 0 saturated carbocycles. The molecular formula is C21H23N3O3S. The quantitative estimate of drug-likeness (QED) is 0.625. The molecule has 1 aliphatic heterocycles. The lowest BCUT2D eigenvalue weighted by atomic mass is 10.2. The zero-order valence-corrected chi connectivity index (χ0v) is 16.7. The molecular weight excluding hydrogens is 374 g/mol. The highest BCUT2D eigenvalue weighted by atomic mass is 32.1. The first-order chi connectivity index (χ1) is 13.6. The summed E-state index contributed by atoms with van der Waals surface area (Å²) in [5, 5.41) is 5.51. The molecule has 3 aromatic rings. The minimum absolute atomic E-state index is 0.108. The van der Waals surface area contributed by atoms with Crippen molar-refractivity contribution in [3.8, 4) is 5.69 Å². The SMILES string of the molecule is Cc1nn(-c2ccccc2)c2sc(C(=O)OCC(=O)N3CCCCCC3)cc12. The molecule has 146 valence electrons. The number of ether oxygens (including phenoxy) is 1. The van der Waals surface area contributed by atoms with E-state index < -0.39 is 5.97 Å². The molecule has 1 aromatic carbocycles. The van der Waals surface area contributed by atoms with Crippen molar-refractivity contribution in [2.75, 3.05) is 19.7 Å². The molecule has 6 nitrogen and oxygen atoms in total. The van der Waals surface area contributed by atoms with Crippen LogP contribution in [0.5, 0.6) is 0 Å². The number of thiophene rings is 1. The number of hydrogen-bond acceptors (Lipinski definition) is 5. The summed E-state index contributed by atoms with van der Waals surface area (Å²) in [5.41, 5.74) is 1.80. The molecule has 1 aliphatic rings. The Morgan fingerprint density at radius 1 is 1.11 bits per heavy atom. The van der Waals surface area contributed by atoms with Gasteiger partial charge in [-0.1, -0.05) is 31.0 Å². The van der Waals surface area contributed by atoms with Gasteiger partial charge in [0.2, 0.25) is 0 Å². The Morgan fingerprint density at radius 3 is 2.54 bits per heavy atom. The summed E-state index contributed by atoms with van der Waals surface area (Å²) in [4.78, 5) is 28.0. The van der Waals surface area contributed by atoms with E-state index in [4.69, 9.17) is 4.74 Å².